The van der Waals surface area contributed by atoms with Crippen LogP contribution >= 0.6 is 11.6 Å². The number of aromatic nitrogens is 2. The zero-order valence-corrected chi connectivity index (χ0v) is 12.7. The predicted octanol–water partition coefficient (Wildman–Crippen LogP) is 3.90. The molecule has 1 aromatic heterocycles. The van der Waals surface area contributed by atoms with E-state index in [2.05, 4.69) is 22.2 Å². The standard InChI is InChI=1S/C15H17ClFN3O/c1-3-4-18-14-8-13(19-15(20-14)9-21-2)10-5-11(16)7-12(17)6-10/h5-8H,3-4,9H2,1-2H3,(H,18,19,20). The van der Waals surface area contributed by atoms with Crippen LogP contribution in [0.2, 0.25) is 5.02 Å². The molecule has 0 fully saturated rings. The number of rotatable bonds is 6. The number of methoxy groups -OCH3 is 1. The van der Waals surface area contributed by atoms with Gasteiger partial charge in [-0.1, -0.05) is 18.5 Å². The van der Waals surface area contributed by atoms with Crippen LogP contribution in [0.4, 0.5) is 10.2 Å². The molecule has 1 heterocycles. The maximum Gasteiger partial charge on any atom is 0.157 e. The number of ether oxygens (including phenoxy) is 1. The molecule has 0 saturated carbocycles. The van der Waals surface area contributed by atoms with Crippen LogP contribution in [0, 0.1) is 5.82 Å². The van der Waals surface area contributed by atoms with E-state index in [1.54, 1.807) is 19.2 Å². The van der Waals surface area contributed by atoms with Gasteiger partial charge in [0.1, 0.15) is 18.2 Å². The molecule has 4 nitrogen and oxygen atoms in total. The van der Waals surface area contributed by atoms with Gasteiger partial charge < -0.3 is 10.1 Å². The molecule has 0 amide bonds. The van der Waals surface area contributed by atoms with E-state index in [9.17, 15) is 4.39 Å². The molecule has 0 aliphatic heterocycles. The third-order valence-electron chi connectivity index (χ3n) is 2.76. The van der Waals surface area contributed by atoms with Gasteiger partial charge in [-0.15, -0.1) is 0 Å². The quantitative estimate of drug-likeness (QED) is 0.879. The monoisotopic (exact) mass is 309 g/mol. The van der Waals surface area contributed by atoms with Crippen LogP contribution in [-0.4, -0.2) is 23.6 Å². The fraction of sp³-hybridized carbons (Fsp3) is 0.333. The topological polar surface area (TPSA) is 47.0 Å². The summed E-state index contributed by atoms with van der Waals surface area (Å²) in [7, 11) is 1.58. The predicted molar refractivity (Wildman–Crippen MR) is 81.9 cm³/mol. The summed E-state index contributed by atoms with van der Waals surface area (Å²) in [5, 5.41) is 3.53. The molecule has 0 spiro atoms. The lowest BCUT2D eigenvalue weighted by molar-refractivity contribution is 0.178. The Morgan fingerprint density at radius 2 is 2.05 bits per heavy atom. The van der Waals surface area contributed by atoms with Crippen LogP contribution in [0.5, 0.6) is 0 Å². The first-order valence-corrected chi connectivity index (χ1v) is 7.07. The maximum atomic E-state index is 13.5. The molecule has 0 atom stereocenters. The van der Waals surface area contributed by atoms with E-state index >= 15 is 0 Å². The minimum Gasteiger partial charge on any atom is -0.377 e. The average Bonchev–Trinajstić information content (AvgIpc) is 2.44. The van der Waals surface area contributed by atoms with Crippen molar-refractivity contribution in [2.75, 3.05) is 19.0 Å². The minimum atomic E-state index is -0.396. The fourth-order valence-corrected chi connectivity index (χ4v) is 2.11. The summed E-state index contributed by atoms with van der Waals surface area (Å²) in [5.41, 5.74) is 1.22. The van der Waals surface area contributed by atoms with E-state index in [0.29, 0.717) is 27.9 Å². The Morgan fingerprint density at radius 1 is 1.24 bits per heavy atom. The zero-order valence-electron chi connectivity index (χ0n) is 12.0. The van der Waals surface area contributed by atoms with Gasteiger partial charge in [0.15, 0.2) is 5.82 Å². The maximum absolute atomic E-state index is 13.5. The Balaban J connectivity index is 2.42. The molecule has 0 aliphatic rings. The summed E-state index contributed by atoms with van der Waals surface area (Å²) < 4.78 is 18.6. The average molecular weight is 310 g/mol. The molecule has 2 rings (SSSR count). The van der Waals surface area contributed by atoms with Crippen LogP contribution in [-0.2, 0) is 11.3 Å². The third kappa shape index (κ3) is 4.37. The molecule has 0 radical (unpaired) electrons. The summed E-state index contributed by atoms with van der Waals surface area (Å²) in [6, 6.07) is 6.11. The Kier molecular flexibility index (Phi) is 5.47. The number of nitrogens with zero attached hydrogens (tertiary/aromatic N) is 2. The highest BCUT2D eigenvalue weighted by molar-refractivity contribution is 6.30. The summed E-state index contributed by atoms with van der Waals surface area (Å²) in [5.74, 6) is 0.829. The van der Waals surface area contributed by atoms with Gasteiger partial charge in [0.05, 0.1) is 5.69 Å². The van der Waals surface area contributed by atoms with Gasteiger partial charge in [-0.25, -0.2) is 14.4 Å². The van der Waals surface area contributed by atoms with Crippen LogP contribution in [0.15, 0.2) is 24.3 Å². The Bertz CT molecular complexity index is 602. The van der Waals surface area contributed by atoms with Gasteiger partial charge in [-0.3, -0.25) is 0 Å². The Morgan fingerprint density at radius 3 is 2.71 bits per heavy atom. The molecule has 21 heavy (non-hydrogen) atoms. The van der Waals surface area contributed by atoms with Crippen molar-refractivity contribution in [3.63, 3.8) is 0 Å². The normalized spacial score (nSPS) is 10.7. The SMILES string of the molecule is CCCNc1cc(-c2cc(F)cc(Cl)c2)nc(COC)n1. The summed E-state index contributed by atoms with van der Waals surface area (Å²) >= 11 is 5.90. The molecule has 1 N–H and O–H groups in total. The summed E-state index contributed by atoms with van der Waals surface area (Å²) in [6.07, 6.45) is 0.977. The highest BCUT2D eigenvalue weighted by Crippen LogP contribution is 2.24. The lowest BCUT2D eigenvalue weighted by atomic mass is 10.1. The van der Waals surface area contributed by atoms with Crippen molar-refractivity contribution in [1.82, 2.24) is 9.97 Å². The van der Waals surface area contributed by atoms with E-state index < -0.39 is 5.82 Å². The van der Waals surface area contributed by atoms with Crippen LogP contribution in [0.25, 0.3) is 11.3 Å². The lowest BCUT2D eigenvalue weighted by Gasteiger charge is -2.10. The molecule has 1 aromatic carbocycles. The number of halogens is 2. The van der Waals surface area contributed by atoms with Crippen molar-refractivity contribution in [2.45, 2.75) is 20.0 Å². The highest BCUT2D eigenvalue weighted by Gasteiger charge is 2.09. The molecule has 0 saturated heterocycles. The summed E-state index contributed by atoms with van der Waals surface area (Å²) in [4.78, 5) is 8.74. The first-order valence-electron chi connectivity index (χ1n) is 6.69. The van der Waals surface area contributed by atoms with Crippen molar-refractivity contribution >= 4 is 17.4 Å². The second kappa shape index (κ2) is 7.33. The number of nitrogens with one attached hydrogen (secondary N) is 1. The van der Waals surface area contributed by atoms with Crippen LogP contribution < -0.4 is 5.32 Å². The number of anilines is 1. The molecule has 0 aliphatic carbocycles. The number of hydrogen-bond donors (Lipinski definition) is 1. The van der Waals surface area contributed by atoms with Gasteiger partial charge in [-0.05, 0) is 24.6 Å². The van der Waals surface area contributed by atoms with Gasteiger partial charge in [-0.2, -0.15) is 0 Å². The molecule has 112 valence electrons. The molecular weight excluding hydrogens is 293 g/mol. The number of hydrogen-bond acceptors (Lipinski definition) is 4. The van der Waals surface area contributed by atoms with E-state index in [1.807, 2.05) is 0 Å². The lowest BCUT2D eigenvalue weighted by Crippen LogP contribution is -2.06. The van der Waals surface area contributed by atoms with Crippen molar-refractivity contribution in [3.05, 3.63) is 40.9 Å². The van der Waals surface area contributed by atoms with E-state index in [4.69, 9.17) is 16.3 Å². The molecule has 0 bridgehead atoms. The molecular formula is C15H17ClFN3O. The van der Waals surface area contributed by atoms with Crippen LogP contribution in [0.3, 0.4) is 0 Å². The molecule has 2 aromatic rings. The Hall–Kier alpha value is -1.72. The highest BCUT2D eigenvalue weighted by atomic mass is 35.5. The Labute approximate surface area is 128 Å². The first-order chi connectivity index (χ1) is 10.1. The van der Waals surface area contributed by atoms with Gasteiger partial charge in [0, 0.05) is 30.3 Å². The third-order valence-corrected chi connectivity index (χ3v) is 2.98. The van der Waals surface area contributed by atoms with E-state index in [-0.39, 0.29) is 6.61 Å². The minimum absolute atomic E-state index is 0.289. The van der Waals surface area contributed by atoms with Gasteiger partial charge >= 0.3 is 0 Å². The van der Waals surface area contributed by atoms with Crippen molar-refractivity contribution in [3.8, 4) is 11.3 Å². The fourth-order valence-electron chi connectivity index (χ4n) is 1.88. The molecule has 0 unspecified atom stereocenters. The zero-order chi connectivity index (χ0) is 15.2. The van der Waals surface area contributed by atoms with Gasteiger partial charge in [0.25, 0.3) is 0 Å². The van der Waals surface area contributed by atoms with Crippen molar-refractivity contribution in [1.29, 1.82) is 0 Å². The second-order valence-corrected chi connectivity index (χ2v) is 5.01. The van der Waals surface area contributed by atoms with Crippen molar-refractivity contribution in [2.24, 2.45) is 0 Å². The van der Waals surface area contributed by atoms with E-state index in [0.717, 1.165) is 13.0 Å². The first kappa shape index (κ1) is 15.7. The smallest absolute Gasteiger partial charge is 0.157 e. The van der Waals surface area contributed by atoms with Gasteiger partial charge in [0.2, 0.25) is 0 Å². The summed E-state index contributed by atoms with van der Waals surface area (Å²) in [6.45, 7) is 3.15. The molecule has 6 heteroatoms. The van der Waals surface area contributed by atoms with Crippen molar-refractivity contribution < 1.29 is 9.13 Å². The number of benzene rings is 1. The largest absolute Gasteiger partial charge is 0.377 e. The van der Waals surface area contributed by atoms with E-state index in [1.165, 1.54) is 12.1 Å². The second-order valence-electron chi connectivity index (χ2n) is 4.57. The van der Waals surface area contributed by atoms with Crippen LogP contribution in [0.1, 0.15) is 19.2 Å².